The summed E-state index contributed by atoms with van der Waals surface area (Å²) in [4.78, 5) is 13.0. The van der Waals surface area contributed by atoms with Crippen LogP contribution in [-0.4, -0.2) is 66.7 Å². The van der Waals surface area contributed by atoms with E-state index >= 15 is 0 Å². The number of β-amino-alcohol motifs (C(OH)–C–C–N with tert-alkyl or cyclic N) is 1. The van der Waals surface area contributed by atoms with Gasteiger partial charge in [-0.05, 0) is 25.7 Å². The lowest BCUT2D eigenvalue weighted by atomic mass is 9.91. The average Bonchev–Trinajstić information content (AvgIpc) is 3.06. The molecule has 1 heterocycles. The Hall–Kier alpha value is -0.660. The van der Waals surface area contributed by atoms with Crippen molar-refractivity contribution in [3.05, 3.63) is 0 Å². The lowest BCUT2D eigenvalue weighted by Crippen LogP contribution is -2.66. The molecule has 7 heteroatoms. The van der Waals surface area contributed by atoms with Crippen molar-refractivity contribution in [1.29, 1.82) is 0 Å². The third-order valence-corrected chi connectivity index (χ3v) is 5.91. The van der Waals surface area contributed by atoms with Crippen LogP contribution in [0, 0.1) is 5.92 Å². The largest absolute Gasteiger partial charge is 0.387 e. The number of rotatable bonds is 4. The predicted molar refractivity (Wildman–Crippen MR) is 66.3 cm³/mol. The maximum Gasteiger partial charge on any atom is 0.241 e. The van der Waals surface area contributed by atoms with Gasteiger partial charge in [0.2, 0.25) is 15.9 Å². The van der Waals surface area contributed by atoms with Crippen LogP contribution in [0.4, 0.5) is 0 Å². The van der Waals surface area contributed by atoms with Crippen LogP contribution in [0.1, 0.15) is 19.8 Å². The fraction of sp³-hybridized carbons (Fsp3) is 0.909. The first-order valence-corrected chi connectivity index (χ1v) is 7.61. The molecular weight excluding hydrogens is 256 g/mol. The Kier molecular flexibility index (Phi) is 3.19. The summed E-state index contributed by atoms with van der Waals surface area (Å²) < 4.78 is 25.5. The molecule has 1 aliphatic carbocycles. The summed E-state index contributed by atoms with van der Waals surface area (Å²) in [6.45, 7) is 1.66. The minimum absolute atomic E-state index is 0.130. The zero-order chi connectivity index (χ0) is 13.7. The monoisotopic (exact) mass is 276 g/mol. The van der Waals surface area contributed by atoms with E-state index in [1.807, 2.05) is 0 Å². The zero-order valence-electron chi connectivity index (χ0n) is 11.0. The van der Waals surface area contributed by atoms with E-state index in [4.69, 9.17) is 0 Å². The number of amides is 1. The van der Waals surface area contributed by atoms with Crippen molar-refractivity contribution in [2.75, 3.05) is 27.2 Å². The van der Waals surface area contributed by atoms with Gasteiger partial charge in [0.15, 0.2) is 5.25 Å². The molecule has 2 aliphatic rings. The SMILES string of the molecule is CC(C(=O)N(C)C)S(=O)(=O)N1CC(O)(C2CC2)C1. The predicted octanol–water partition coefficient (Wildman–Crippen LogP) is -0.750. The molecule has 0 aromatic heterocycles. The number of hydrogen-bond acceptors (Lipinski definition) is 4. The van der Waals surface area contributed by atoms with Crippen molar-refractivity contribution in [1.82, 2.24) is 9.21 Å². The van der Waals surface area contributed by atoms with Crippen LogP contribution in [0.2, 0.25) is 0 Å². The van der Waals surface area contributed by atoms with Crippen LogP contribution in [0.25, 0.3) is 0 Å². The first kappa shape index (κ1) is 13.8. The third-order valence-electron chi connectivity index (χ3n) is 3.83. The van der Waals surface area contributed by atoms with Gasteiger partial charge in [-0.25, -0.2) is 8.42 Å². The summed E-state index contributed by atoms with van der Waals surface area (Å²) in [6.07, 6.45) is 1.94. The molecular formula is C11H20N2O4S. The molecule has 1 aliphatic heterocycles. The minimum Gasteiger partial charge on any atom is -0.387 e. The van der Waals surface area contributed by atoms with Gasteiger partial charge in [-0.15, -0.1) is 0 Å². The van der Waals surface area contributed by atoms with Crippen LogP contribution in [-0.2, 0) is 14.8 Å². The van der Waals surface area contributed by atoms with E-state index < -0.39 is 26.8 Å². The van der Waals surface area contributed by atoms with E-state index in [-0.39, 0.29) is 19.0 Å². The van der Waals surface area contributed by atoms with E-state index in [1.54, 1.807) is 0 Å². The van der Waals surface area contributed by atoms with E-state index in [0.29, 0.717) is 0 Å². The van der Waals surface area contributed by atoms with Gasteiger partial charge in [-0.2, -0.15) is 4.31 Å². The molecule has 6 nitrogen and oxygen atoms in total. The van der Waals surface area contributed by atoms with Gasteiger partial charge in [-0.1, -0.05) is 0 Å². The summed E-state index contributed by atoms with van der Waals surface area (Å²) in [5.74, 6) is -0.194. The molecule has 0 spiro atoms. The molecule has 2 fully saturated rings. The highest BCUT2D eigenvalue weighted by atomic mass is 32.2. The molecule has 1 saturated carbocycles. The van der Waals surface area contributed by atoms with E-state index in [1.165, 1.54) is 30.2 Å². The Balaban J connectivity index is 2.03. The van der Waals surface area contributed by atoms with Crippen LogP contribution in [0.3, 0.4) is 0 Å². The van der Waals surface area contributed by atoms with Gasteiger partial charge in [-0.3, -0.25) is 4.79 Å². The van der Waals surface area contributed by atoms with Crippen molar-refractivity contribution in [2.45, 2.75) is 30.6 Å². The number of carbonyl (C=O) groups excluding carboxylic acids is 1. The van der Waals surface area contributed by atoms with Crippen molar-refractivity contribution < 1.29 is 18.3 Å². The summed E-state index contributed by atoms with van der Waals surface area (Å²) in [5, 5.41) is 9.02. The molecule has 1 amide bonds. The summed E-state index contributed by atoms with van der Waals surface area (Å²) >= 11 is 0. The Morgan fingerprint density at radius 1 is 1.39 bits per heavy atom. The highest BCUT2D eigenvalue weighted by molar-refractivity contribution is 7.90. The second-order valence-corrected chi connectivity index (χ2v) is 7.82. The van der Waals surface area contributed by atoms with Gasteiger partial charge in [0.1, 0.15) is 0 Å². The minimum atomic E-state index is -3.64. The molecule has 0 radical (unpaired) electrons. The number of aliphatic hydroxyl groups is 1. The maximum absolute atomic E-state index is 12.2. The first-order chi connectivity index (χ1) is 8.18. The molecule has 1 unspecified atom stereocenters. The number of carbonyl (C=O) groups is 1. The van der Waals surface area contributed by atoms with Gasteiger partial charge in [0, 0.05) is 27.2 Å². The first-order valence-electron chi connectivity index (χ1n) is 6.11. The van der Waals surface area contributed by atoms with E-state index in [9.17, 15) is 18.3 Å². The number of sulfonamides is 1. The van der Waals surface area contributed by atoms with Crippen LogP contribution >= 0.6 is 0 Å². The molecule has 1 N–H and O–H groups in total. The molecule has 104 valence electrons. The average molecular weight is 276 g/mol. The number of nitrogens with zero attached hydrogens (tertiary/aromatic N) is 2. The van der Waals surface area contributed by atoms with Crippen molar-refractivity contribution in [3.8, 4) is 0 Å². The number of hydrogen-bond donors (Lipinski definition) is 1. The van der Waals surface area contributed by atoms with Crippen LogP contribution in [0.15, 0.2) is 0 Å². The molecule has 0 aromatic rings. The second kappa shape index (κ2) is 4.18. The second-order valence-electron chi connectivity index (χ2n) is 5.57. The molecule has 1 atom stereocenters. The summed E-state index contributed by atoms with van der Waals surface area (Å²) in [5.41, 5.74) is -0.853. The third kappa shape index (κ3) is 2.15. The highest BCUT2D eigenvalue weighted by Gasteiger charge is 2.56. The summed E-state index contributed by atoms with van der Waals surface area (Å²) in [7, 11) is -0.576. The Bertz CT molecular complexity index is 450. The van der Waals surface area contributed by atoms with Crippen LogP contribution in [0.5, 0.6) is 0 Å². The fourth-order valence-electron chi connectivity index (χ4n) is 2.34. The Morgan fingerprint density at radius 2 is 1.89 bits per heavy atom. The molecule has 2 rings (SSSR count). The van der Waals surface area contributed by atoms with Gasteiger partial charge in [0.05, 0.1) is 5.60 Å². The summed E-state index contributed by atoms with van der Waals surface area (Å²) in [6, 6.07) is 0. The van der Waals surface area contributed by atoms with Crippen molar-refractivity contribution >= 4 is 15.9 Å². The quantitative estimate of drug-likeness (QED) is 0.733. The van der Waals surface area contributed by atoms with Crippen LogP contribution < -0.4 is 0 Å². The molecule has 1 saturated heterocycles. The normalized spacial score (nSPS) is 25.3. The van der Waals surface area contributed by atoms with Gasteiger partial charge < -0.3 is 10.0 Å². The standard InChI is InChI=1S/C11H20N2O4S/c1-8(10(14)12(2)3)18(16,17)13-6-11(15,7-13)9-4-5-9/h8-9,15H,4-7H2,1-3H3. The lowest BCUT2D eigenvalue weighted by Gasteiger charge is -2.46. The highest BCUT2D eigenvalue weighted by Crippen LogP contribution is 2.45. The Morgan fingerprint density at radius 3 is 2.28 bits per heavy atom. The molecule has 0 bridgehead atoms. The topological polar surface area (TPSA) is 77.9 Å². The fourth-order valence-corrected chi connectivity index (χ4v) is 4.06. The van der Waals surface area contributed by atoms with Crippen molar-refractivity contribution in [2.24, 2.45) is 5.92 Å². The van der Waals surface area contributed by atoms with Crippen molar-refractivity contribution in [3.63, 3.8) is 0 Å². The van der Waals surface area contributed by atoms with E-state index in [2.05, 4.69) is 0 Å². The molecule has 0 aromatic carbocycles. The van der Waals surface area contributed by atoms with Gasteiger partial charge in [0.25, 0.3) is 0 Å². The lowest BCUT2D eigenvalue weighted by molar-refractivity contribution is -0.128. The smallest absolute Gasteiger partial charge is 0.241 e. The van der Waals surface area contributed by atoms with E-state index in [0.717, 1.165) is 12.8 Å². The maximum atomic E-state index is 12.2. The molecule has 18 heavy (non-hydrogen) atoms. The van der Waals surface area contributed by atoms with Gasteiger partial charge >= 0.3 is 0 Å². The Labute approximate surface area is 108 Å². The zero-order valence-corrected chi connectivity index (χ0v) is 11.8.